The van der Waals surface area contributed by atoms with Crippen LogP contribution in [0.4, 0.5) is 5.95 Å². The molecule has 0 saturated carbocycles. The van der Waals surface area contributed by atoms with E-state index < -0.39 is 0 Å². The fourth-order valence-electron chi connectivity index (χ4n) is 4.75. The summed E-state index contributed by atoms with van der Waals surface area (Å²) in [5.74, 6) is 2.16. The molecule has 1 aliphatic heterocycles. The molecular weight excluding hydrogens is 392 g/mol. The Balaban J connectivity index is 1.61. The average Bonchev–Trinajstić information content (AvgIpc) is 3.25. The van der Waals surface area contributed by atoms with Crippen LogP contribution in [0.25, 0.3) is 0 Å². The molecule has 158 valence electrons. The van der Waals surface area contributed by atoms with E-state index in [0.717, 1.165) is 23.3 Å². The summed E-state index contributed by atoms with van der Waals surface area (Å²) in [6.45, 7) is 2.10. The number of ether oxygens (including phenoxy) is 2. The lowest BCUT2D eigenvalue weighted by Crippen LogP contribution is -2.33. The summed E-state index contributed by atoms with van der Waals surface area (Å²) in [5.41, 5.74) is 5.00. The standard InChI is InChI=1S/C24H24N4O3/c1-14-6-4-5-7-17(14)16-10-18-22(19(29)11-16)23(28-24(27-18)25-13-26-28)15-8-9-20(30-2)21(12-15)31-3/h4-9,12-13,16,23H,10-11H2,1-3H3,(H,25,26,27). The second-order valence-corrected chi connectivity index (χ2v) is 7.95. The number of Topliss-reactive ketones (excluding diaryl/α,β-unsaturated/α-hetero) is 1. The summed E-state index contributed by atoms with van der Waals surface area (Å²) in [4.78, 5) is 17.9. The van der Waals surface area contributed by atoms with Gasteiger partial charge in [-0.15, -0.1) is 0 Å². The van der Waals surface area contributed by atoms with Crippen LogP contribution in [0.5, 0.6) is 11.5 Å². The Kier molecular flexibility index (Phi) is 4.73. The van der Waals surface area contributed by atoms with Gasteiger partial charge in [0.2, 0.25) is 5.95 Å². The summed E-state index contributed by atoms with van der Waals surface area (Å²) in [6, 6.07) is 13.6. The number of nitrogens with zero attached hydrogens (tertiary/aromatic N) is 3. The minimum atomic E-state index is -0.362. The van der Waals surface area contributed by atoms with Crippen LogP contribution in [0.1, 0.15) is 41.5 Å². The lowest BCUT2D eigenvalue weighted by molar-refractivity contribution is -0.116. The molecule has 2 aliphatic rings. The lowest BCUT2D eigenvalue weighted by atomic mass is 9.77. The minimum Gasteiger partial charge on any atom is -0.493 e. The number of aryl methyl sites for hydroxylation is 1. The summed E-state index contributed by atoms with van der Waals surface area (Å²) in [7, 11) is 3.21. The largest absolute Gasteiger partial charge is 0.493 e. The second kappa shape index (κ2) is 7.58. The zero-order chi connectivity index (χ0) is 21.5. The Labute approximate surface area is 180 Å². The van der Waals surface area contributed by atoms with Crippen LogP contribution in [-0.2, 0) is 4.79 Å². The number of carbonyl (C=O) groups is 1. The number of methoxy groups -OCH3 is 2. The van der Waals surface area contributed by atoms with Crippen molar-refractivity contribution in [3.63, 3.8) is 0 Å². The molecule has 7 nitrogen and oxygen atoms in total. The van der Waals surface area contributed by atoms with Gasteiger partial charge in [-0.05, 0) is 48.1 Å². The first-order chi connectivity index (χ1) is 15.1. The van der Waals surface area contributed by atoms with E-state index in [9.17, 15) is 4.79 Å². The lowest BCUT2D eigenvalue weighted by Gasteiger charge is -2.35. The van der Waals surface area contributed by atoms with E-state index in [2.05, 4.69) is 34.5 Å². The van der Waals surface area contributed by atoms with E-state index in [0.29, 0.717) is 23.9 Å². The Morgan fingerprint density at radius 3 is 2.65 bits per heavy atom. The molecular formula is C24H24N4O3. The molecule has 0 radical (unpaired) electrons. The second-order valence-electron chi connectivity index (χ2n) is 7.95. The van der Waals surface area contributed by atoms with Gasteiger partial charge in [-0.1, -0.05) is 30.3 Å². The Hall–Kier alpha value is -3.61. The van der Waals surface area contributed by atoms with E-state index in [1.165, 1.54) is 17.5 Å². The van der Waals surface area contributed by atoms with E-state index in [4.69, 9.17) is 9.47 Å². The predicted octanol–water partition coefficient (Wildman–Crippen LogP) is 4.02. The normalized spacial score (nSPS) is 20.0. The summed E-state index contributed by atoms with van der Waals surface area (Å²) >= 11 is 0. The third kappa shape index (κ3) is 3.17. The van der Waals surface area contributed by atoms with Gasteiger partial charge in [0.05, 0.1) is 14.2 Å². The molecule has 0 spiro atoms. The monoisotopic (exact) mass is 416 g/mol. The number of nitrogens with one attached hydrogen (secondary N) is 1. The van der Waals surface area contributed by atoms with E-state index >= 15 is 0 Å². The number of hydrogen-bond acceptors (Lipinski definition) is 6. The topological polar surface area (TPSA) is 78.3 Å². The van der Waals surface area contributed by atoms with E-state index in [-0.39, 0.29) is 17.7 Å². The Bertz CT molecular complexity index is 1200. The molecule has 2 unspecified atom stereocenters. The Morgan fingerprint density at radius 2 is 1.87 bits per heavy atom. The molecule has 1 aliphatic carbocycles. The van der Waals surface area contributed by atoms with Gasteiger partial charge in [-0.2, -0.15) is 10.1 Å². The summed E-state index contributed by atoms with van der Waals surface area (Å²) < 4.78 is 12.7. The number of aromatic nitrogens is 3. The predicted molar refractivity (Wildman–Crippen MR) is 117 cm³/mol. The molecule has 0 amide bonds. The number of ketones is 1. The number of hydrogen-bond donors (Lipinski definition) is 1. The van der Waals surface area contributed by atoms with Gasteiger partial charge in [-0.25, -0.2) is 4.68 Å². The van der Waals surface area contributed by atoms with Crippen molar-refractivity contribution in [1.29, 1.82) is 0 Å². The van der Waals surface area contributed by atoms with Crippen LogP contribution in [-0.4, -0.2) is 34.8 Å². The quantitative estimate of drug-likeness (QED) is 0.692. The summed E-state index contributed by atoms with van der Waals surface area (Å²) in [6.07, 6.45) is 2.74. The number of benzene rings is 2. The van der Waals surface area contributed by atoms with Crippen LogP contribution in [0.15, 0.2) is 60.1 Å². The van der Waals surface area contributed by atoms with Crippen LogP contribution in [0, 0.1) is 6.92 Å². The number of anilines is 1. The first-order valence-electron chi connectivity index (χ1n) is 10.3. The van der Waals surface area contributed by atoms with Gasteiger partial charge in [0, 0.05) is 17.7 Å². The molecule has 5 rings (SSSR count). The molecule has 0 saturated heterocycles. The molecule has 7 heteroatoms. The van der Waals surface area contributed by atoms with Crippen molar-refractivity contribution in [2.24, 2.45) is 0 Å². The van der Waals surface area contributed by atoms with Gasteiger partial charge in [0.15, 0.2) is 17.3 Å². The fourth-order valence-corrected chi connectivity index (χ4v) is 4.75. The van der Waals surface area contributed by atoms with E-state index in [1.807, 2.05) is 30.3 Å². The van der Waals surface area contributed by atoms with Crippen LogP contribution >= 0.6 is 0 Å². The highest BCUT2D eigenvalue weighted by atomic mass is 16.5. The zero-order valence-corrected chi connectivity index (χ0v) is 17.8. The first-order valence-corrected chi connectivity index (χ1v) is 10.3. The van der Waals surface area contributed by atoms with Gasteiger partial charge >= 0.3 is 0 Å². The average molecular weight is 416 g/mol. The van der Waals surface area contributed by atoms with Crippen molar-refractivity contribution in [3.8, 4) is 11.5 Å². The van der Waals surface area contributed by atoms with Crippen molar-refractivity contribution in [2.45, 2.75) is 31.7 Å². The van der Waals surface area contributed by atoms with Gasteiger partial charge < -0.3 is 14.8 Å². The molecule has 0 fully saturated rings. The maximum absolute atomic E-state index is 13.5. The highest BCUT2D eigenvalue weighted by Crippen LogP contribution is 2.45. The fraction of sp³-hybridized carbons (Fsp3) is 0.292. The molecule has 1 N–H and O–H groups in total. The molecule has 2 atom stereocenters. The molecule has 2 aromatic carbocycles. The molecule has 2 heterocycles. The molecule has 3 aromatic rings. The number of carbonyl (C=O) groups excluding carboxylic acids is 1. The van der Waals surface area contributed by atoms with Crippen molar-refractivity contribution in [2.75, 3.05) is 19.5 Å². The van der Waals surface area contributed by atoms with Crippen molar-refractivity contribution < 1.29 is 14.3 Å². The Morgan fingerprint density at radius 1 is 1.06 bits per heavy atom. The maximum Gasteiger partial charge on any atom is 0.226 e. The maximum atomic E-state index is 13.5. The van der Waals surface area contributed by atoms with Gasteiger partial charge in [-0.3, -0.25) is 4.79 Å². The van der Waals surface area contributed by atoms with Gasteiger partial charge in [0.25, 0.3) is 0 Å². The minimum absolute atomic E-state index is 0.128. The van der Waals surface area contributed by atoms with Crippen molar-refractivity contribution in [1.82, 2.24) is 14.8 Å². The highest BCUT2D eigenvalue weighted by Gasteiger charge is 2.39. The molecule has 1 aromatic heterocycles. The van der Waals surface area contributed by atoms with Gasteiger partial charge in [0.1, 0.15) is 12.4 Å². The highest BCUT2D eigenvalue weighted by molar-refractivity contribution is 6.00. The van der Waals surface area contributed by atoms with E-state index in [1.54, 1.807) is 18.9 Å². The number of allylic oxidation sites excluding steroid dienone is 2. The zero-order valence-electron chi connectivity index (χ0n) is 17.8. The molecule has 31 heavy (non-hydrogen) atoms. The molecule has 0 bridgehead atoms. The summed E-state index contributed by atoms with van der Waals surface area (Å²) in [5, 5.41) is 7.79. The van der Waals surface area contributed by atoms with Crippen molar-refractivity contribution in [3.05, 3.63) is 76.8 Å². The smallest absolute Gasteiger partial charge is 0.226 e. The third-order valence-electron chi connectivity index (χ3n) is 6.21. The van der Waals surface area contributed by atoms with Crippen LogP contribution < -0.4 is 14.8 Å². The number of rotatable bonds is 4. The third-order valence-corrected chi connectivity index (χ3v) is 6.21. The first kappa shape index (κ1) is 19.4. The SMILES string of the molecule is COc1ccc(C2C3=C(CC(c4ccccc4C)CC3=O)Nc3ncnn32)cc1OC. The van der Waals surface area contributed by atoms with Crippen molar-refractivity contribution >= 4 is 11.7 Å². The van der Waals surface area contributed by atoms with Crippen LogP contribution in [0.2, 0.25) is 0 Å². The number of fused-ring (bicyclic) bond motifs is 1. The van der Waals surface area contributed by atoms with Crippen LogP contribution in [0.3, 0.4) is 0 Å².